The zero-order valence-corrected chi connectivity index (χ0v) is 12.6. The zero-order valence-electron chi connectivity index (χ0n) is 12.6. The third-order valence-electron chi connectivity index (χ3n) is 5.43. The molecular formula is C17H28N2O. The molecule has 2 aliphatic rings. The minimum atomic E-state index is 0.168. The third-order valence-corrected chi connectivity index (χ3v) is 5.43. The van der Waals surface area contributed by atoms with Crippen LogP contribution in [-0.2, 0) is 0 Å². The molecule has 1 aliphatic heterocycles. The van der Waals surface area contributed by atoms with E-state index in [1.54, 1.807) is 6.26 Å². The number of nitrogens with zero attached hydrogens (tertiary/aromatic N) is 1. The van der Waals surface area contributed by atoms with Crippen molar-refractivity contribution in [1.29, 1.82) is 0 Å². The Morgan fingerprint density at radius 3 is 2.80 bits per heavy atom. The van der Waals surface area contributed by atoms with E-state index >= 15 is 0 Å². The number of fused-ring (bicyclic) bond motifs is 1. The highest BCUT2D eigenvalue weighted by molar-refractivity contribution is 5.08. The maximum absolute atomic E-state index is 6.41. The number of rotatable bonds is 4. The predicted octanol–water partition coefficient (Wildman–Crippen LogP) is 3.57. The molecule has 112 valence electrons. The summed E-state index contributed by atoms with van der Waals surface area (Å²) in [6.07, 6.45) is 9.83. The van der Waals surface area contributed by atoms with Crippen molar-refractivity contribution < 1.29 is 4.42 Å². The molecule has 3 nitrogen and oxygen atoms in total. The highest BCUT2D eigenvalue weighted by Gasteiger charge is 2.36. The first kappa shape index (κ1) is 14.2. The van der Waals surface area contributed by atoms with Gasteiger partial charge in [-0.15, -0.1) is 0 Å². The molecular weight excluding hydrogens is 248 g/mol. The summed E-state index contributed by atoms with van der Waals surface area (Å²) in [4.78, 5) is 2.60. The van der Waals surface area contributed by atoms with E-state index in [1.165, 1.54) is 45.2 Å². The largest absolute Gasteiger partial charge is 0.468 e. The Morgan fingerprint density at radius 2 is 2.10 bits per heavy atom. The van der Waals surface area contributed by atoms with Gasteiger partial charge in [0, 0.05) is 12.6 Å². The summed E-state index contributed by atoms with van der Waals surface area (Å²) in [5.74, 6) is 2.91. The van der Waals surface area contributed by atoms with Gasteiger partial charge in [-0.25, -0.2) is 0 Å². The van der Waals surface area contributed by atoms with E-state index in [-0.39, 0.29) is 12.1 Å². The van der Waals surface area contributed by atoms with Gasteiger partial charge in [0.25, 0.3) is 0 Å². The van der Waals surface area contributed by atoms with Crippen molar-refractivity contribution in [3.8, 4) is 0 Å². The lowest BCUT2D eigenvalue weighted by atomic mass is 9.74. The average molecular weight is 276 g/mol. The number of likely N-dealkylation sites (tertiary alicyclic amines) is 1. The van der Waals surface area contributed by atoms with Crippen LogP contribution in [-0.4, -0.2) is 24.0 Å². The van der Waals surface area contributed by atoms with Gasteiger partial charge in [0.05, 0.1) is 12.3 Å². The molecule has 2 fully saturated rings. The maximum Gasteiger partial charge on any atom is 0.122 e. The minimum Gasteiger partial charge on any atom is -0.468 e. The van der Waals surface area contributed by atoms with Gasteiger partial charge < -0.3 is 10.2 Å². The fraction of sp³-hybridized carbons (Fsp3) is 0.765. The van der Waals surface area contributed by atoms with Gasteiger partial charge in [0.2, 0.25) is 0 Å². The first-order valence-electron chi connectivity index (χ1n) is 8.32. The topological polar surface area (TPSA) is 42.4 Å². The van der Waals surface area contributed by atoms with Crippen molar-refractivity contribution in [1.82, 2.24) is 4.90 Å². The van der Waals surface area contributed by atoms with Crippen LogP contribution in [0.25, 0.3) is 0 Å². The standard InChI is InChI=1S/C17H28N2O/c1-2-15(18)17(16-8-5-11-20-16)19-10-9-13-6-3-4-7-14(13)12-19/h5,8,11,13-15,17H,2-4,6-7,9-10,12,18H2,1H3. The molecule has 1 saturated heterocycles. The van der Waals surface area contributed by atoms with Gasteiger partial charge in [-0.05, 0) is 49.8 Å². The SMILES string of the molecule is CCC(N)C(c1ccco1)N1CCC2CCCCC2C1. The number of hydrogen-bond donors (Lipinski definition) is 1. The number of furan rings is 1. The summed E-state index contributed by atoms with van der Waals surface area (Å²) in [6.45, 7) is 4.57. The predicted molar refractivity (Wildman–Crippen MR) is 81.4 cm³/mol. The van der Waals surface area contributed by atoms with E-state index in [4.69, 9.17) is 10.2 Å². The van der Waals surface area contributed by atoms with E-state index in [0.717, 1.165) is 24.0 Å². The molecule has 0 spiro atoms. The van der Waals surface area contributed by atoms with Gasteiger partial charge in [-0.3, -0.25) is 4.90 Å². The van der Waals surface area contributed by atoms with Crippen molar-refractivity contribution in [2.75, 3.05) is 13.1 Å². The quantitative estimate of drug-likeness (QED) is 0.914. The first-order chi connectivity index (χ1) is 9.79. The van der Waals surface area contributed by atoms with Crippen molar-refractivity contribution in [3.05, 3.63) is 24.2 Å². The normalized spacial score (nSPS) is 30.7. The Hall–Kier alpha value is -0.800. The van der Waals surface area contributed by atoms with Crippen LogP contribution in [0.15, 0.2) is 22.8 Å². The lowest BCUT2D eigenvalue weighted by Crippen LogP contribution is -2.48. The highest BCUT2D eigenvalue weighted by Crippen LogP contribution is 2.39. The molecule has 2 N–H and O–H groups in total. The monoisotopic (exact) mass is 276 g/mol. The summed E-state index contributed by atoms with van der Waals surface area (Å²) in [7, 11) is 0. The van der Waals surface area contributed by atoms with Crippen molar-refractivity contribution in [2.24, 2.45) is 17.6 Å². The van der Waals surface area contributed by atoms with Crippen LogP contribution in [0.4, 0.5) is 0 Å². The van der Waals surface area contributed by atoms with Crippen LogP contribution < -0.4 is 5.73 Å². The number of nitrogens with two attached hydrogens (primary N) is 1. The number of hydrogen-bond acceptors (Lipinski definition) is 3. The Bertz CT molecular complexity index is 403. The summed E-state index contributed by atoms with van der Waals surface area (Å²) < 4.78 is 5.69. The maximum atomic E-state index is 6.41. The molecule has 1 aromatic heterocycles. The van der Waals surface area contributed by atoms with Gasteiger partial charge in [-0.1, -0.05) is 26.2 Å². The van der Waals surface area contributed by atoms with Crippen LogP contribution in [0.5, 0.6) is 0 Å². The zero-order chi connectivity index (χ0) is 13.9. The molecule has 0 radical (unpaired) electrons. The minimum absolute atomic E-state index is 0.168. The Morgan fingerprint density at radius 1 is 1.30 bits per heavy atom. The first-order valence-corrected chi connectivity index (χ1v) is 8.32. The fourth-order valence-electron chi connectivity index (χ4n) is 4.23. The molecule has 4 atom stereocenters. The van der Waals surface area contributed by atoms with Crippen molar-refractivity contribution in [3.63, 3.8) is 0 Å². The van der Waals surface area contributed by atoms with Gasteiger partial charge in [-0.2, -0.15) is 0 Å². The second-order valence-electron chi connectivity index (χ2n) is 6.62. The summed E-state index contributed by atoms with van der Waals surface area (Å²) >= 11 is 0. The molecule has 2 heterocycles. The van der Waals surface area contributed by atoms with Crippen LogP contribution in [0.1, 0.15) is 57.3 Å². The van der Waals surface area contributed by atoms with Gasteiger partial charge >= 0.3 is 0 Å². The van der Waals surface area contributed by atoms with Crippen molar-refractivity contribution >= 4 is 0 Å². The molecule has 3 heteroatoms. The third kappa shape index (κ3) is 2.79. The smallest absolute Gasteiger partial charge is 0.122 e. The summed E-state index contributed by atoms with van der Waals surface area (Å²) in [6, 6.07) is 4.50. The van der Waals surface area contributed by atoms with E-state index in [2.05, 4.69) is 17.9 Å². The van der Waals surface area contributed by atoms with Crippen LogP contribution in [0.2, 0.25) is 0 Å². The molecule has 0 aromatic carbocycles. The second-order valence-corrected chi connectivity index (χ2v) is 6.62. The van der Waals surface area contributed by atoms with Gasteiger partial charge in [0.15, 0.2) is 0 Å². The van der Waals surface area contributed by atoms with E-state index in [1.807, 2.05) is 6.07 Å². The Balaban J connectivity index is 1.74. The Kier molecular flexibility index (Phi) is 4.47. The molecule has 3 rings (SSSR count). The van der Waals surface area contributed by atoms with Crippen molar-refractivity contribution in [2.45, 2.75) is 57.5 Å². The second kappa shape index (κ2) is 6.31. The highest BCUT2D eigenvalue weighted by atomic mass is 16.3. The lowest BCUT2D eigenvalue weighted by Gasteiger charge is -2.45. The molecule has 0 amide bonds. The van der Waals surface area contributed by atoms with Crippen LogP contribution in [0, 0.1) is 11.8 Å². The molecule has 20 heavy (non-hydrogen) atoms. The van der Waals surface area contributed by atoms with E-state index < -0.39 is 0 Å². The summed E-state index contributed by atoms with van der Waals surface area (Å²) in [5.41, 5.74) is 6.41. The lowest BCUT2D eigenvalue weighted by molar-refractivity contribution is 0.0395. The number of piperidine rings is 1. The van der Waals surface area contributed by atoms with Crippen LogP contribution >= 0.6 is 0 Å². The summed E-state index contributed by atoms with van der Waals surface area (Å²) in [5, 5.41) is 0. The van der Waals surface area contributed by atoms with E-state index in [9.17, 15) is 0 Å². The average Bonchev–Trinajstić information content (AvgIpc) is 3.01. The molecule has 4 unspecified atom stereocenters. The van der Waals surface area contributed by atoms with Crippen LogP contribution in [0.3, 0.4) is 0 Å². The molecule has 1 aliphatic carbocycles. The Labute approximate surface area is 122 Å². The van der Waals surface area contributed by atoms with Gasteiger partial charge in [0.1, 0.15) is 5.76 Å². The fourth-order valence-corrected chi connectivity index (χ4v) is 4.23. The molecule has 1 aromatic rings. The molecule has 0 bridgehead atoms. The van der Waals surface area contributed by atoms with E-state index in [0.29, 0.717) is 0 Å². The molecule has 1 saturated carbocycles.